The van der Waals surface area contributed by atoms with Gasteiger partial charge in [-0.05, 0) is 42.3 Å². The van der Waals surface area contributed by atoms with Crippen LogP contribution in [0, 0.1) is 0 Å². The summed E-state index contributed by atoms with van der Waals surface area (Å²) < 4.78 is 26.4. The molecule has 0 aliphatic carbocycles. The van der Waals surface area contributed by atoms with Crippen molar-refractivity contribution < 1.29 is 13.2 Å². The molecule has 0 aliphatic heterocycles. The van der Waals surface area contributed by atoms with Gasteiger partial charge in [-0.15, -0.1) is 0 Å². The Balaban J connectivity index is 1.79. The summed E-state index contributed by atoms with van der Waals surface area (Å²) >= 11 is 11.6. The summed E-state index contributed by atoms with van der Waals surface area (Å²) in [5.41, 5.74) is 1.03. The van der Waals surface area contributed by atoms with E-state index in [4.69, 9.17) is 23.2 Å². The Morgan fingerprint density at radius 1 is 1.00 bits per heavy atom. The maximum absolute atomic E-state index is 12.1. The van der Waals surface area contributed by atoms with Crippen LogP contribution in [0.2, 0.25) is 10.0 Å². The average Bonchev–Trinajstić information content (AvgIpc) is 2.55. The highest BCUT2D eigenvalue weighted by molar-refractivity contribution is 7.89. The third-order valence-corrected chi connectivity index (χ3v) is 5.06. The predicted octanol–water partition coefficient (Wildman–Crippen LogP) is 2.63. The zero-order valence-corrected chi connectivity index (χ0v) is 15.0. The quantitative estimate of drug-likeness (QED) is 0.767. The van der Waals surface area contributed by atoms with Crippen LogP contribution < -0.4 is 10.0 Å². The number of hydrogen-bond donors (Lipinski definition) is 2. The molecule has 0 spiro atoms. The minimum Gasteiger partial charge on any atom is -0.355 e. The van der Waals surface area contributed by atoms with Gasteiger partial charge >= 0.3 is 0 Å². The predicted molar refractivity (Wildman–Crippen MR) is 94.8 cm³/mol. The second-order valence-electron chi connectivity index (χ2n) is 5.01. The van der Waals surface area contributed by atoms with Gasteiger partial charge in [0.05, 0.1) is 11.4 Å². The Morgan fingerprint density at radius 3 is 2.38 bits per heavy atom. The summed E-state index contributed by atoms with van der Waals surface area (Å²) in [5, 5.41) is 3.62. The molecule has 0 atom stereocenters. The lowest BCUT2D eigenvalue weighted by atomic mass is 10.1. The third kappa shape index (κ3) is 5.79. The molecule has 2 aromatic rings. The van der Waals surface area contributed by atoms with Crippen molar-refractivity contribution in [3.05, 3.63) is 64.1 Å². The fourth-order valence-electron chi connectivity index (χ4n) is 1.94. The van der Waals surface area contributed by atoms with Crippen molar-refractivity contribution in [1.82, 2.24) is 10.0 Å². The van der Waals surface area contributed by atoms with E-state index in [-0.39, 0.29) is 11.4 Å². The van der Waals surface area contributed by atoms with Crippen LogP contribution in [0.3, 0.4) is 0 Å². The van der Waals surface area contributed by atoms with Gasteiger partial charge in [-0.3, -0.25) is 4.79 Å². The summed E-state index contributed by atoms with van der Waals surface area (Å²) in [6.45, 7) is 0.0643. The van der Waals surface area contributed by atoms with Crippen LogP contribution >= 0.6 is 23.2 Å². The highest BCUT2D eigenvalue weighted by Gasteiger charge is 2.15. The van der Waals surface area contributed by atoms with Gasteiger partial charge in [-0.2, -0.15) is 0 Å². The van der Waals surface area contributed by atoms with Gasteiger partial charge in [0.2, 0.25) is 15.9 Å². The van der Waals surface area contributed by atoms with E-state index in [1.54, 1.807) is 18.2 Å². The van der Waals surface area contributed by atoms with E-state index < -0.39 is 15.9 Å². The van der Waals surface area contributed by atoms with Crippen LogP contribution in [0.15, 0.2) is 53.4 Å². The summed E-state index contributed by atoms with van der Waals surface area (Å²) in [6, 6.07) is 13.1. The molecule has 2 N–H and O–H groups in total. The number of sulfonamides is 1. The first kappa shape index (κ1) is 18.7. The lowest BCUT2D eigenvalue weighted by molar-refractivity contribution is -0.119. The molecular weight excluding hydrogens is 371 g/mol. The number of nitrogens with one attached hydrogen (secondary N) is 2. The maximum atomic E-state index is 12.1. The van der Waals surface area contributed by atoms with Gasteiger partial charge in [-0.25, -0.2) is 13.1 Å². The van der Waals surface area contributed by atoms with E-state index in [0.29, 0.717) is 23.0 Å². The van der Waals surface area contributed by atoms with Crippen molar-refractivity contribution in [3.63, 3.8) is 0 Å². The van der Waals surface area contributed by atoms with Crippen molar-refractivity contribution in [2.75, 3.05) is 13.1 Å². The number of carbonyl (C=O) groups excluding carboxylic acids is 1. The lowest BCUT2D eigenvalue weighted by Crippen LogP contribution is -2.37. The normalized spacial score (nSPS) is 11.2. The first-order chi connectivity index (χ1) is 11.4. The molecular formula is C16H16Cl2N2O3S. The Hall–Kier alpha value is -1.60. The number of halogens is 2. The molecule has 128 valence electrons. The second-order valence-corrected chi connectivity index (χ2v) is 7.65. The fraction of sp³-hybridized carbons (Fsp3) is 0.188. The molecule has 0 fully saturated rings. The molecule has 1 amide bonds. The van der Waals surface area contributed by atoms with Crippen molar-refractivity contribution in [2.24, 2.45) is 0 Å². The molecule has 0 saturated heterocycles. The zero-order valence-electron chi connectivity index (χ0n) is 12.6. The molecule has 0 saturated carbocycles. The van der Waals surface area contributed by atoms with Crippen LogP contribution in [0.5, 0.6) is 0 Å². The SMILES string of the molecule is O=C(CNS(=O)(=O)c1cccc(Cl)c1)NCCc1ccc(Cl)cc1. The Bertz CT molecular complexity index is 808. The summed E-state index contributed by atoms with van der Waals surface area (Å²) in [5.74, 6) is -0.408. The third-order valence-electron chi connectivity index (χ3n) is 3.18. The minimum absolute atomic E-state index is 0.0176. The van der Waals surface area contributed by atoms with Gasteiger partial charge in [0.1, 0.15) is 0 Å². The van der Waals surface area contributed by atoms with E-state index >= 15 is 0 Å². The molecule has 0 heterocycles. The molecule has 0 bridgehead atoms. The van der Waals surface area contributed by atoms with Gasteiger partial charge in [0, 0.05) is 16.6 Å². The Labute approximate surface area is 151 Å². The highest BCUT2D eigenvalue weighted by atomic mass is 35.5. The molecule has 0 aromatic heterocycles. The zero-order chi connectivity index (χ0) is 17.6. The second kappa shape index (κ2) is 8.48. The van der Waals surface area contributed by atoms with Crippen molar-refractivity contribution in [1.29, 1.82) is 0 Å². The molecule has 2 rings (SSSR count). The number of benzene rings is 2. The van der Waals surface area contributed by atoms with E-state index in [1.165, 1.54) is 18.2 Å². The number of hydrogen-bond acceptors (Lipinski definition) is 3. The van der Waals surface area contributed by atoms with Crippen molar-refractivity contribution in [2.45, 2.75) is 11.3 Å². The van der Waals surface area contributed by atoms with Gasteiger partial charge in [0.25, 0.3) is 0 Å². The summed E-state index contributed by atoms with van der Waals surface area (Å²) in [7, 11) is -3.77. The first-order valence-corrected chi connectivity index (χ1v) is 9.37. The van der Waals surface area contributed by atoms with Crippen LogP contribution in [0.1, 0.15) is 5.56 Å². The topological polar surface area (TPSA) is 75.3 Å². The van der Waals surface area contributed by atoms with Crippen molar-refractivity contribution >= 4 is 39.1 Å². The van der Waals surface area contributed by atoms with E-state index in [1.807, 2.05) is 12.1 Å². The minimum atomic E-state index is -3.77. The molecule has 5 nitrogen and oxygen atoms in total. The average molecular weight is 387 g/mol. The van der Waals surface area contributed by atoms with Crippen LogP contribution in [-0.4, -0.2) is 27.4 Å². The molecule has 0 radical (unpaired) electrons. The lowest BCUT2D eigenvalue weighted by Gasteiger charge is -2.08. The van der Waals surface area contributed by atoms with Crippen molar-refractivity contribution in [3.8, 4) is 0 Å². The number of rotatable bonds is 7. The smallest absolute Gasteiger partial charge is 0.241 e. The number of amides is 1. The fourth-order valence-corrected chi connectivity index (χ4v) is 3.35. The first-order valence-electron chi connectivity index (χ1n) is 7.13. The maximum Gasteiger partial charge on any atom is 0.241 e. The van der Waals surface area contributed by atoms with Gasteiger partial charge < -0.3 is 5.32 Å². The monoisotopic (exact) mass is 386 g/mol. The molecule has 2 aromatic carbocycles. The largest absolute Gasteiger partial charge is 0.355 e. The standard InChI is InChI=1S/C16H16Cl2N2O3S/c17-13-6-4-12(5-7-13)8-9-19-16(21)11-20-24(22,23)15-3-1-2-14(18)10-15/h1-7,10,20H,8-9,11H2,(H,19,21). The van der Waals surface area contributed by atoms with Crippen LogP contribution in [0.25, 0.3) is 0 Å². The highest BCUT2D eigenvalue weighted by Crippen LogP contribution is 2.15. The van der Waals surface area contributed by atoms with Crippen LogP contribution in [0.4, 0.5) is 0 Å². The summed E-state index contributed by atoms with van der Waals surface area (Å²) in [6.07, 6.45) is 0.629. The van der Waals surface area contributed by atoms with E-state index in [0.717, 1.165) is 5.56 Å². The Morgan fingerprint density at radius 2 is 1.71 bits per heavy atom. The van der Waals surface area contributed by atoms with E-state index in [9.17, 15) is 13.2 Å². The Kier molecular flexibility index (Phi) is 6.62. The van der Waals surface area contributed by atoms with E-state index in [2.05, 4.69) is 10.0 Å². The number of carbonyl (C=O) groups is 1. The summed E-state index contributed by atoms with van der Waals surface area (Å²) in [4.78, 5) is 11.8. The molecule has 8 heteroatoms. The molecule has 0 aliphatic rings. The molecule has 0 unspecified atom stereocenters. The van der Waals surface area contributed by atoms with Gasteiger partial charge in [0.15, 0.2) is 0 Å². The molecule has 24 heavy (non-hydrogen) atoms. The van der Waals surface area contributed by atoms with Crippen LogP contribution in [-0.2, 0) is 21.2 Å². The van der Waals surface area contributed by atoms with Gasteiger partial charge in [-0.1, -0.05) is 41.4 Å².